The van der Waals surface area contributed by atoms with Gasteiger partial charge >= 0.3 is 0 Å². The maximum Gasteiger partial charge on any atom is 0.288 e. The number of aryl methyl sites for hydroxylation is 1. The van der Waals surface area contributed by atoms with Crippen LogP contribution in [0.25, 0.3) is 0 Å². The molecule has 2 aliphatic rings. The zero-order valence-electron chi connectivity index (χ0n) is 29.4. The van der Waals surface area contributed by atoms with Crippen LogP contribution < -0.4 is 45.1 Å². The van der Waals surface area contributed by atoms with Gasteiger partial charge in [0.25, 0.3) is 16.0 Å². The van der Waals surface area contributed by atoms with Crippen molar-refractivity contribution in [2.75, 3.05) is 55.7 Å². The zero-order chi connectivity index (χ0) is 37.2. The van der Waals surface area contributed by atoms with E-state index in [9.17, 15) is 22.6 Å². The second-order valence-electron chi connectivity index (χ2n) is 12.5. The summed E-state index contributed by atoms with van der Waals surface area (Å²) < 4.78 is 59.4. The van der Waals surface area contributed by atoms with Gasteiger partial charge in [-0.3, -0.25) is 14.1 Å². The molecule has 0 saturated heterocycles. The Morgan fingerprint density at radius 1 is 0.923 bits per heavy atom. The third kappa shape index (κ3) is 7.42. The van der Waals surface area contributed by atoms with Crippen molar-refractivity contribution in [3.8, 4) is 23.0 Å². The molecule has 0 saturated carbocycles. The summed E-state index contributed by atoms with van der Waals surface area (Å²) >= 11 is 0. The van der Waals surface area contributed by atoms with E-state index in [0.29, 0.717) is 28.4 Å². The lowest BCUT2D eigenvalue weighted by atomic mass is 10.1. The Hall–Kier alpha value is -5.51. The van der Waals surface area contributed by atoms with Gasteiger partial charge in [-0.1, -0.05) is 18.2 Å². The number of nitrogens with one attached hydrogen (secondary N) is 4. The highest BCUT2D eigenvalue weighted by Crippen LogP contribution is 2.43. The fraction of sp³-hybridized carbons (Fsp3) is 0.297. The van der Waals surface area contributed by atoms with Crippen molar-refractivity contribution in [3.05, 3.63) is 94.5 Å². The number of methoxy groups -OCH3 is 2. The van der Waals surface area contributed by atoms with Crippen LogP contribution >= 0.6 is 0 Å². The molecule has 0 aromatic heterocycles. The Morgan fingerprint density at radius 3 is 2.21 bits per heavy atom. The lowest BCUT2D eigenvalue weighted by Gasteiger charge is -2.27. The molecule has 274 valence electrons. The van der Waals surface area contributed by atoms with E-state index in [-0.39, 0.29) is 54.8 Å². The highest BCUT2D eigenvalue weighted by atomic mass is 32.2. The van der Waals surface area contributed by atoms with Crippen LogP contribution in [0.4, 0.5) is 22.7 Å². The summed E-state index contributed by atoms with van der Waals surface area (Å²) in [5.74, 6) is 0.855. The fourth-order valence-electron chi connectivity index (χ4n) is 6.59. The highest BCUT2D eigenvalue weighted by Gasteiger charge is 2.47. The van der Waals surface area contributed by atoms with Crippen molar-refractivity contribution in [2.45, 2.75) is 38.0 Å². The number of ether oxygens (including phenoxy) is 4. The first-order valence-electron chi connectivity index (χ1n) is 16.5. The summed E-state index contributed by atoms with van der Waals surface area (Å²) in [7, 11) is 1.83. The van der Waals surface area contributed by atoms with Crippen molar-refractivity contribution in [3.63, 3.8) is 0 Å². The first-order chi connectivity index (χ1) is 24.9. The molecule has 0 fully saturated rings. The van der Waals surface area contributed by atoms with Crippen LogP contribution in [0.2, 0.25) is 0 Å². The quantitative estimate of drug-likeness (QED) is 0.121. The molecule has 0 aliphatic carbocycles. The van der Waals surface area contributed by atoms with E-state index in [1.54, 1.807) is 38.4 Å². The summed E-state index contributed by atoms with van der Waals surface area (Å²) in [6.45, 7) is 2.20. The third-order valence-electron chi connectivity index (χ3n) is 8.98. The van der Waals surface area contributed by atoms with Gasteiger partial charge in [0.05, 0.1) is 38.1 Å². The molecule has 0 spiro atoms. The van der Waals surface area contributed by atoms with Crippen molar-refractivity contribution < 1.29 is 41.5 Å². The average Bonchev–Trinajstić information content (AvgIpc) is 3.45. The largest absolute Gasteiger partial charge is 0.493 e. The normalized spacial score (nSPS) is 16.1. The molecule has 4 aromatic rings. The van der Waals surface area contributed by atoms with E-state index in [4.69, 9.17) is 18.9 Å². The third-order valence-corrected chi connectivity index (χ3v) is 10.0. The smallest absolute Gasteiger partial charge is 0.288 e. The van der Waals surface area contributed by atoms with Crippen LogP contribution in [0.1, 0.15) is 32.6 Å². The molecule has 52 heavy (non-hydrogen) atoms. The molecule has 2 atom stereocenters. The van der Waals surface area contributed by atoms with E-state index in [1.807, 2.05) is 44.3 Å². The zero-order valence-corrected chi connectivity index (χ0v) is 30.2. The molecule has 0 bridgehead atoms. The fourth-order valence-corrected chi connectivity index (χ4v) is 7.48. The summed E-state index contributed by atoms with van der Waals surface area (Å²) in [4.78, 5) is 28.0. The van der Waals surface area contributed by atoms with Gasteiger partial charge in [0.2, 0.25) is 5.91 Å². The first-order valence-corrected chi connectivity index (χ1v) is 18.0. The Labute approximate surface area is 302 Å². The molecular weight excluding hydrogens is 691 g/mol. The van der Waals surface area contributed by atoms with Crippen LogP contribution in [0.5, 0.6) is 23.0 Å². The minimum absolute atomic E-state index is 0.00651. The summed E-state index contributed by atoms with van der Waals surface area (Å²) in [6, 6.07) is 18.4. The van der Waals surface area contributed by atoms with Crippen LogP contribution in [0, 0.1) is 6.92 Å². The standard InChI is InChI=1S/C37H41N5O9S/c1-21-10-31(48-4)33(16-27(21)39-3)50-19-22-11-23(13-25(12-22)40-35(43)18-38-2)20-51-34-17-28-26(15-32(34)49-5)37(44)42-29-9-7-6-8-24(29)14-30(42)36(41-28)52(45,46)47/h6-13,15-17,30,36,38-39,41H,14,18-20H2,1-5H3,(H,40,43)(H,45,46,47). The molecule has 5 N–H and O–H groups in total. The van der Waals surface area contributed by atoms with E-state index < -0.39 is 27.4 Å². The molecule has 2 amide bonds. The number of hydrogen-bond acceptors (Lipinski definition) is 11. The number of hydrogen-bond donors (Lipinski definition) is 5. The van der Waals surface area contributed by atoms with Crippen LogP contribution in [0.3, 0.4) is 0 Å². The molecule has 15 heteroatoms. The van der Waals surface area contributed by atoms with Gasteiger partial charge in [0, 0.05) is 36.2 Å². The van der Waals surface area contributed by atoms with E-state index in [0.717, 1.165) is 22.4 Å². The number of benzene rings is 4. The Morgan fingerprint density at radius 2 is 1.58 bits per heavy atom. The average molecular weight is 732 g/mol. The summed E-state index contributed by atoms with van der Waals surface area (Å²) in [5, 5.41) is 10.3. The van der Waals surface area contributed by atoms with Crippen LogP contribution in [-0.4, -0.2) is 71.1 Å². The molecule has 2 heterocycles. The lowest BCUT2D eigenvalue weighted by Crippen LogP contribution is -2.49. The van der Waals surface area contributed by atoms with Gasteiger partial charge in [-0.05, 0) is 79.0 Å². The number of fused-ring (bicyclic) bond motifs is 4. The predicted octanol–water partition coefficient (Wildman–Crippen LogP) is 4.58. The lowest BCUT2D eigenvalue weighted by molar-refractivity contribution is -0.115. The van der Waals surface area contributed by atoms with Crippen LogP contribution in [0.15, 0.2) is 66.7 Å². The van der Waals surface area contributed by atoms with Gasteiger partial charge in [-0.15, -0.1) is 0 Å². The van der Waals surface area contributed by atoms with E-state index in [2.05, 4.69) is 21.3 Å². The predicted molar refractivity (Wildman–Crippen MR) is 198 cm³/mol. The van der Waals surface area contributed by atoms with Gasteiger partial charge in [0.15, 0.2) is 28.4 Å². The van der Waals surface area contributed by atoms with Gasteiger partial charge in [-0.25, -0.2) is 0 Å². The van der Waals surface area contributed by atoms with Gasteiger partial charge in [-0.2, -0.15) is 8.42 Å². The summed E-state index contributed by atoms with van der Waals surface area (Å²) in [6.07, 6.45) is 0.231. The number of rotatable bonds is 13. The van der Waals surface area contributed by atoms with Crippen LogP contribution in [-0.2, 0) is 34.5 Å². The SMILES string of the molecule is CNCC(=O)Nc1cc(COc2cc(NC)c(C)cc2OC)cc(COc2cc3c(cc2OC)C(=O)N2c4ccccc4CC2C(S(=O)(=O)O)N3)c1. The molecule has 2 aliphatic heterocycles. The van der Waals surface area contributed by atoms with Crippen molar-refractivity contribution in [2.24, 2.45) is 0 Å². The number of para-hydroxylation sites is 1. The minimum Gasteiger partial charge on any atom is -0.493 e. The molecule has 2 unspecified atom stereocenters. The van der Waals surface area contributed by atoms with Gasteiger partial charge in [0.1, 0.15) is 13.2 Å². The molecule has 4 aromatic carbocycles. The topological polar surface area (TPSA) is 177 Å². The maximum absolute atomic E-state index is 14.0. The monoisotopic (exact) mass is 731 g/mol. The van der Waals surface area contributed by atoms with Crippen molar-refractivity contribution in [1.29, 1.82) is 0 Å². The summed E-state index contributed by atoms with van der Waals surface area (Å²) in [5.41, 5.74) is 5.47. The number of anilines is 4. The second kappa shape index (κ2) is 15.0. The van der Waals surface area contributed by atoms with E-state index >= 15 is 0 Å². The maximum atomic E-state index is 14.0. The number of carbonyl (C=O) groups excluding carboxylic acids is 2. The van der Waals surface area contributed by atoms with Crippen molar-refractivity contribution in [1.82, 2.24) is 5.32 Å². The molecular formula is C37H41N5O9S. The second-order valence-corrected chi connectivity index (χ2v) is 14.0. The first kappa shape index (κ1) is 36.3. The minimum atomic E-state index is -4.67. The number of likely N-dealkylation sites (N-methyl/N-ethyl adjacent to an activating group) is 1. The molecule has 6 rings (SSSR count). The van der Waals surface area contributed by atoms with Gasteiger partial charge < -0.3 is 45.1 Å². The highest BCUT2D eigenvalue weighted by molar-refractivity contribution is 7.86. The molecule has 0 radical (unpaired) electrons. The van der Waals surface area contributed by atoms with Crippen molar-refractivity contribution >= 4 is 44.7 Å². The number of nitrogens with zero attached hydrogens (tertiary/aromatic N) is 1. The number of amides is 2. The number of carbonyl (C=O) groups is 2. The van der Waals surface area contributed by atoms with E-state index in [1.165, 1.54) is 24.1 Å². The molecule has 14 nitrogen and oxygen atoms in total. The Kier molecular flexibility index (Phi) is 10.5. The Bertz CT molecular complexity index is 2120. The Balaban J connectivity index is 1.31.